The zero-order chi connectivity index (χ0) is 19.2. The number of benzene rings is 1. The van der Waals surface area contributed by atoms with Gasteiger partial charge in [0.25, 0.3) is 0 Å². The minimum absolute atomic E-state index is 0.0279. The minimum Gasteiger partial charge on any atom is -0.480 e. The van der Waals surface area contributed by atoms with Crippen molar-refractivity contribution in [2.75, 3.05) is 39.5 Å². The first-order valence-electron chi connectivity index (χ1n) is 9.83. The fraction of sp³-hybridized carbons (Fsp3) is 0.571. The lowest BCUT2D eigenvalue weighted by Gasteiger charge is -2.31. The van der Waals surface area contributed by atoms with E-state index in [1.54, 1.807) is 0 Å². The molecule has 0 bridgehead atoms. The van der Waals surface area contributed by atoms with E-state index in [0.29, 0.717) is 19.1 Å². The third-order valence-corrected chi connectivity index (χ3v) is 5.38. The highest BCUT2D eigenvalue weighted by Gasteiger charge is 2.24. The maximum atomic E-state index is 10.5. The number of hydrogen-bond donors (Lipinski definition) is 1. The number of aromatic nitrogens is 1. The number of aliphatic carboxylic acids is 1. The van der Waals surface area contributed by atoms with Crippen LogP contribution in [0.5, 0.6) is 0 Å². The van der Waals surface area contributed by atoms with Gasteiger partial charge in [-0.3, -0.25) is 0 Å². The van der Waals surface area contributed by atoms with E-state index >= 15 is 0 Å². The molecule has 1 unspecified atom stereocenters. The Hall–Kier alpha value is -1.89. The van der Waals surface area contributed by atoms with Gasteiger partial charge in [-0.15, -0.1) is 0 Å². The van der Waals surface area contributed by atoms with Crippen molar-refractivity contribution in [3.63, 3.8) is 0 Å². The molecular formula is C21H30N2O4. The number of ether oxygens (including phenoxy) is 2. The van der Waals surface area contributed by atoms with E-state index in [1.165, 1.54) is 16.5 Å². The number of hydrogen-bond acceptors (Lipinski definition) is 4. The Balaban J connectivity index is 1.64. The van der Waals surface area contributed by atoms with Crippen LogP contribution in [0.2, 0.25) is 0 Å². The fourth-order valence-electron chi connectivity index (χ4n) is 4.00. The average Bonchev–Trinajstić information content (AvgIpc) is 3.06. The molecule has 1 N–H and O–H groups in total. The summed E-state index contributed by atoms with van der Waals surface area (Å²) in [7, 11) is 0. The fourth-order valence-corrected chi connectivity index (χ4v) is 4.00. The highest BCUT2D eigenvalue weighted by molar-refractivity contribution is 5.84. The third kappa shape index (κ3) is 4.89. The molecule has 0 spiro atoms. The predicted octanol–water partition coefficient (Wildman–Crippen LogP) is 3.48. The number of fused-ring (bicyclic) bond motifs is 1. The molecule has 1 fully saturated rings. The molecule has 27 heavy (non-hydrogen) atoms. The van der Waals surface area contributed by atoms with E-state index in [1.807, 2.05) is 6.92 Å². The van der Waals surface area contributed by atoms with Gasteiger partial charge in [0, 0.05) is 24.7 Å². The molecule has 0 saturated carbocycles. The van der Waals surface area contributed by atoms with E-state index in [0.717, 1.165) is 32.5 Å². The number of para-hydroxylation sites is 1. The second kappa shape index (κ2) is 9.35. The number of carbonyl (C=O) groups is 1. The van der Waals surface area contributed by atoms with Crippen molar-refractivity contribution >= 4 is 16.9 Å². The normalized spacial score (nSPS) is 17.4. The number of likely N-dealkylation sites (tertiary alicyclic amines) is 1. The summed E-state index contributed by atoms with van der Waals surface area (Å²) in [5.41, 5.74) is 2.65. The number of carboxylic acids is 1. The molecule has 2 heterocycles. The molecule has 6 heteroatoms. The quantitative estimate of drug-likeness (QED) is 0.681. The molecule has 1 aliphatic heterocycles. The molecule has 6 nitrogen and oxygen atoms in total. The Morgan fingerprint density at radius 1 is 1.30 bits per heavy atom. The zero-order valence-electron chi connectivity index (χ0n) is 16.3. The molecule has 1 saturated heterocycles. The van der Waals surface area contributed by atoms with Crippen LogP contribution < -0.4 is 0 Å². The number of nitrogens with zero attached hydrogens (tertiary/aromatic N) is 2. The summed E-state index contributed by atoms with van der Waals surface area (Å²) in [6.07, 6.45) is 4.52. The highest BCUT2D eigenvalue weighted by atomic mass is 16.5. The van der Waals surface area contributed by atoms with Crippen LogP contribution in [0.4, 0.5) is 0 Å². The summed E-state index contributed by atoms with van der Waals surface area (Å²) in [6.45, 7) is 7.91. The van der Waals surface area contributed by atoms with Crippen molar-refractivity contribution in [3.8, 4) is 0 Å². The van der Waals surface area contributed by atoms with Crippen molar-refractivity contribution < 1.29 is 19.4 Å². The number of piperidine rings is 1. The summed E-state index contributed by atoms with van der Waals surface area (Å²) in [5, 5.41) is 9.95. The van der Waals surface area contributed by atoms with Gasteiger partial charge in [0.2, 0.25) is 0 Å². The van der Waals surface area contributed by atoms with Crippen LogP contribution in [0, 0.1) is 0 Å². The van der Waals surface area contributed by atoms with Crippen molar-refractivity contribution in [2.45, 2.75) is 38.8 Å². The Morgan fingerprint density at radius 2 is 2.04 bits per heavy atom. The zero-order valence-corrected chi connectivity index (χ0v) is 16.3. The molecule has 1 aliphatic rings. The molecule has 1 aromatic heterocycles. The highest BCUT2D eigenvalue weighted by Crippen LogP contribution is 2.35. The molecule has 2 aromatic rings. The molecule has 0 aliphatic carbocycles. The van der Waals surface area contributed by atoms with Gasteiger partial charge in [-0.25, -0.2) is 4.79 Å². The molecular weight excluding hydrogens is 344 g/mol. The second-order valence-electron chi connectivity index (χ2n) is 7.13. The molecule has 148 valence electrons. The van der Waals surface area contributed by atoms with Crippen molar-refractivity contribution in [1.29, 1.82) is 0 Å². The molecule has 1 atom stereocenters. The van der Waals surface area contributed by atoms with Crippen molar-refractivity contribution in [1.82, 2.24) is 9.47 Å². The standard InChI is InChI=1S/C21H30N2O4/c1-3-27-16(2)23-14-19(18-6-4-5-7-20(18)23)17-8-10-22(11-9-17)12-13-26-15-21(24)25/h4-7,14,16-17H,3,8-13,15H2,1-2H3,(H,24,25). The molecule has 0 amide bonds. The van der Waals surface area contributed by atoms with Crippen LogP contribution in [-0.4, -0.2) is 60.0 Å². The Bertz CT molecular complexity index is 750. The van der Waals surface area contributed by atoms with Gasteiger partial charge in [-0.05, 0) is 57.3 Å². The number of carboxylic acid groups (broad SMARTS) is 1. The van der Waals surface area contributed by atoms with E-state index in [-0.39, 0.29) is 12.8 Å². The van der Waals surface area contributed by atoms with E-state index < -0.39 is 5.97 Å². The predicted molar refractivity (Wildman–Crippen MR) is 105 cm³/mol. The van der Waals surface area contributed by atoms with Gasteiger partial charge in [0.1, 0.15) is 12.8 Å². The lowest BCUT2D eigenvalue weighted by Crippen LogP contribution is -2.35. The Labute approximate surface area is 160 Å². The minimum atomic E-state index is -0.911. The smallest absolute Gasteiger partial charge is 0.329 e. The van der Waals surface area contributed by atoms with Crippen LogP contribution in [0.1, 0.15) is 44.4 Å². The van der Waals surface area contributed by atoms with E-state index in [9.17, 15) is 4.79 Å². The summed E-state index contributed by atoms with van der Waals surface area (Å²) in [5.74, 6) is -0.368. The number of rotatable bonds is 9. The van der Waals surface area contributed by atoms with Crippen LogP contribution in [0.25, 0.3) is 10.9 Å². The van der Waals surface area contributed by atoms with Crippen LogP contribution >= 0.6 is 0 Å². The first-order valence-corrected chi connectivity index (χ1v) is 9.83. The van der Waals surface area contributed by atoms with Crippen molar-refractivity contribution in [3.05, 3.63) is 36.0 Å². The van der Waals surface area contributed by atoms with Crippen LogP contribution in [0.15, 0.2) is 30.5 Å². The monoisotopic (exact) mass is 374 g/mol. The maximum Gasteiger partial charge on any atom is 0.329 e. The topological polar surface area (TPSA) is 63.9 Å². The van der Waals surface area contributed by atoms with Gasteiger partial charge in [0.05, 0.1) is 12.1 Å². The van der Waals surface area contributed by atoms with Crippen LogP contribution in [-0.2, 0) is 14.3 Å². The molecule has 1 aromatic carbocycles. The van der Waals surface area contributed by atoms with Gasteiger partial charge >= 0.3 is 5.97 Å². The average molecular weight is 374 g/mol. The second-order valence-corrected chi connectivity index (χ2v) is 7.13. The molecule has 3 rings (SSSR count). The summed E-state index contributed by atoms with van der Waals surface area (Å²) < 4.78 is 13.2. The summed E-state index contributed by atoms with van der Waals surface area (Å²) in [6, 6.07) is 8.58. The van der Waals surface area contributed by atoms with Gasteiger partial charge in [-0.1, -0.05) is 18.2 Å². The Kier molecular flexibility index (Phi) is 6.88. The molecule has 0 radical (unpaired) electrons. The largest absolute Gasteiger partial charge is 0.480 e. The van der Waals surface area contributed by atoms with E-state index in [4.69, 9.17) is 14.6 Å². The first kappa shape index (κ1) is 19.9. The van der Waals surface area contributed by atoms with Gasteiger partial charge in [0.15, 0.2) is 0 Å². The third-order valence-electron chi connectivity index (χ3n) is 5.38. The van der Waals surface area contributed by atoms with Crippen molar-refractivity contribution in [2.24, 2.45) is 0 Å². The van der Waals surface area contributed by atoms with Gasteiger partial charge in [-0.2, -0.15) is 0 Å². The SMILES string of the molecule is CCOC(C)n1cc(C2CCN(CCOCC(=O)O)CC2)c2ccccc21. The summed E-state index contributed by atoms with van der Waals surface area (Å²) >= 11 is 0. The Morgan fingerprint density at radius 3 is 2.74 bits per heavy atom. The van der Waals surface area contributed by atoms with E-state index in [2.05, 4.69) is 46.9 Å². The first-order chi connectivity index (χ1) is 13.1. The van der Waals surface area contributed by atoms with Crippen LogP contribution in [0.3, 0.4) is 0 Å². The van der Waals surface area contributed by atoms with Gasteiger partial charge < -0.3 is 24.0 Å². The lowest BCUT2D eigenvalue weighted by atomic mass is 9.89. The maximum absolute atomic E-state index is 10.5. The summed E-state index contributed by atoms with van der Waals surface area (Å²) in [4.78, 5) is 12.9. The lowest BCUT2D eigenvalue weighted by molar-refractivity contribution is -0.142.